The molecule has 0 bridgehead atoms. The van der Waals surface area contributed by atoms with Crippen molar-refractivity contribution in [2.45, 2.75) is 25.9 Å². The van der Waals surface area contributed by atoms with E-state index in [1.807, 2.05) is 20.0 Å². The van der Waals surface area contributed by atoms with E-state index in [2.05, 4.69) is 15.9 Å². The molecule has 0 aromatic carbocycles. The fraction of sp³-hybridized carbons (Fsp3) is 0.583. The van der Waals surface area contributed by atoms with E-state index in [0.29, 0.717) is 6.54 Å². The number of carbonyl (C=O) groups is 1. The van der Waals surface area contributed by atoms with Gasteiger partial charge in [-0.25, -0.2) is 0 Å². The van der Waals surface area contributed by atoms with Crippen LogP contribution in [0.2, 0.25) is 0 Å². The van der Waals surface area contributed by atoms with E-state index in [4.69, 9.17) is 4.74 Å². The first-order chi connectivity index (χ1) is 8.08. The molecule has 2 rings (SSSR count). The Morgan fingerprint density at radius 2 is 2.47 bits per heavy atom. The van der Waals surface area contributed by atoms with Gasteiger partial charge in [-0.1, -0.05) is 0 Å². The highest BCUT2D eigenvalue weighted by molar-refractivity contribution is 9.11. The lowest BCUT2D eigenvalue weighted by Gasteiger charge is -2.20. The zero-order valence-electron chi connectivity index (χ0n) is 10.0. The summed E-state index contributed by atoms with van der Waals surface area (Å²) in [7, 11) is 1.84. The van der Waals surface area contributed by atoms with Gasteiger partial charge in [0.2, 0.25) is 0 Å². The van der Waals surface area contributed by atoms with Gasteiger partial charge in [-0.3, -0.25) is 4.79 Å². The van der Waals surface area contributed by atoms with Gasteiger partial charge < -0.3 is 9.64 Å². The summed E-state index contributed by atoms with van der Waals surface area (Å²) in [6, 6.07) is 1.93. The van der Waals surface area contributed by atoms with Crippen LogP contribution < -0.4 is 0 Å². The average Bonchev–Trinajstić information content (AvgIpc) is 2.89. The predicted molar refractivity (Wildman–Crippen MR) is 72.7 cm³/mol. The third-order valence-electron chi connectivity index (χ3n) is 2.92. The van der Waals surface area contributed by atoms with E-state index in [1.165, 1.54) is 11.3 Å². The topological polar surface area (TPSA) is 29.5 Å². The van der Waals surface area contributed by atoms with Crippen LogP contribution in [0.25, 0.3) is 0 Å². The predicted octanol–water partition coefficient (Wildman–Crippen LogP) is 3.07. The molecule has 1 aromatic heterocycles. The molecule has 0 radical (unpaired) electrons. The minimum atomic E-state index is 0.0827. The van der Waals surface area contributed by atoms with Gasteiger partial charge in [0.25, 0.3) is 5.91 Å². The molecule has 1 aliphatic heterocycles. The number of rotatable bonds is 3. The van der Waals surface area contributed by atoms with Crippen molar-refractivity contribution in [1.82, 2.24) is 4.90 Å². The van der Waals surface area contributed by atoms with E-state index >= 15 is 0 Å². The fourth-order valence-electron chi connectivity index (χ4n) is 1.93. The Kier molecular flexibility index (Phi) is 4.22. The van der Waals surface area contributed by atoms with Gasteiger partial charge in [0, 0.05) is 20.2 Å². The van der Waals surface area contributed by atoms with Gasteiger partial charge in [-0.2, -0.15) is 0 Å². The molecule has 1 aliphatic rings. The molecular formula is C12H16BrNO2S. The molecule has 2 heterocycles. The van der Waals surface area contributed by atoms with Crippen molar-refractivity contribution in [3.8, 4) is 0 Å². The maximum absolute atomic E-state index is 12.2. The Morgan fingerprint density at radius 3 is 3.00 bits per heavy atom. The molecular weight excluding hydrogens is 302 g/mol. The van der Waals surface area contributed by atoms with Crippen molar-refractivity contribution in [3.63, 3.8) is 0 Å². The minimum Gasteiger partial charge on any atom is -0.376 e. The molecule has 1 unspecified atom stereocenters. The monoisotopic (exact) mass is 317 g/mol. The highest BCUT2D eigenvalue weighted by atomic mass is 79.9. The second-order valence-corrected chi connectivity index (χ2v) is 6.76. The van der Waals surface area contributed by atoms with E-state index in [-0.39, 0.29) is 12.0 Å². The highest BCUT2D eigenvalue weighted by Gasteiger charge is 2.22. The Bertz CT molecular complexity index is 393. The highest BCUT2D eigenvalue weighted by Crippen LogP contribution is 2.28. The van der Waals surface area contributed by atoms with Gasteiger partial charge in [-0.15, -0.1) is 11.3 Å². The van der Waals surface area contributed by atoms with Crippen molar-refractivity contribution in [2.24, 2.45) is 0 Å². The van der Waals surface area contributed by atoms with Crippen molar-refractivity contribution in [2.75, 3.05) is 20.2 Å². The summed E-state index contributed by atoms with van der Waals surface area (Å²) in [6.07, 6.45) is 2.38. The number of ether oxygens (including phenoxy) is 1. The third kappa shape index (κ3) is 3.09. The van der Waals surface area contributed by atoms with Crippen molar-refractivity contribution in [3.05, 3.63) is 20.3 Å². The fourth-order valence-corrected chi connectivity index (χ4v) is 3.46. The summed E-state index contributed by atoms with van der Waals surface area (Å²) in [5.41, 5.74) is 1.11. The second kappa shape index (κ2) is 5.50. The van der Waals surface area contributed by atoms with Gasteiger partial charge in [0.1, 0.15) is 0 Å². The van der Waals surface area contributed by atoms with Crippen LogP contribution in [-0.2, 0) is 4.74 Å². The molecule has 5 heteroatoms. The number of hydrogen-bond acceptors (Lipinski definition) is 3. The number of hydrogen-bond donors (Lipinski definition) is 0. The van der Waals surface area contributed by atoms with Crippen molar-refractivity contribution < 1.29 is 9.53 Å². The molecule has 1 amide bonds. The Hall–Kier alpha value is -0.390. The van der Waals surface area contributed by atoms with Gasteiger partial charge in [0.05, 0.1) is 14.8 Å². The van der Waals surface area contributed by atoms with Crippen molar-refractivity contribution in [1.29, 1.82) is 0 Å². The number of carbonyl (C=O) groups excluding carboxylic acids is 1. The van der Waals surface area contributed by atoms with Crippen LogP contribution in [0.15, 0.2) is 9.85 Å². The molecule has 0 N–H and O–H groups in total. The zero-order valence-corrected chi connectivity index (χ0v) is 12.4. The normalized spacial score (nSPS) is 19.6. The number of likely N-dealkylation sites (N-methyl/N-ethyl adjacent to an activating group) is 1. The number of aryl methyl sites for hydroxylation is 1. The smallest absolute Gasteiger partial charge is 0.263 e. The Morgan fingerprint density at radius 1 is 1.71 bits per heavy atom. The van der Waals surface area contributed by atoms with Gasteiger partial charge in [-0.05, 0) is 47.3 Å². The van der Waals surface area contributed by atoms with Crippen LogP contribution >= 0.6 is 27.3 Å². The maximum atomic E-state index is 12.2. The summed E-state index contributed by atoms with van der Waals surface area (Å²) in [4.78, 5) is 14.7. The molecule has 1 saturated heterocycles. The zero-order chi connectivity index (χ0) is 12.4. The lowest BCUT2D eigenvalue weighted by atomic mass is 10.2. The lowest BCUT2D eigenvalue weighted by Crippen LogP contribution is -2.33. The third-order valence-corrected chi connectivity index (χ3v) is 5.04. The summed E-state index contributed by atoms with van der Waals surface area (Å²) in [5.74, 6) is 0.0827. The Labute approximate surface area is 114 Å². The van der Waals surface area contributed by atoms with E-state index in [1.54, 1.807) is 4.90 Å². The minimum absolute atomic E-state index is 0.0827. The molecule has 3 nitrogen and oxygen atoms in total. The quantitative estimate of drug-likeness (QED) is 0.857. The van der Waals surface area contributed by atoms with Crippen LogP contribution in [0.3, 0.4) is 0 Å². The summed E-state index contributed by atoms with van der Waals surface area (Å²) in [6.45, 7) is 3.52. The average molecular weight is 318 g/mol. The van der Waals surface area contributed by atoms with Gasteiger partial charge >= 0.3 is 0 Å². The summed E-state index contributed by atoms with van der Waals surface area (Å²) >= 11 is 4.94. The molecule has 0 spiro atoms. The molecule has 1 atom stereocenters. The molecule has 1 fully saturated rings. The van der Waals surface area contributed by atoms with E-state index < -0.39 is 0 Å². The first kappa shape index (κ1) is 13.1. The molecule has 1 aromatic rings. The number of amides is 1. The molecule has 0 aliphatic carbocycles. The van der Waals surface area contributed by atoms with Crippen LogP contribution in [0.1, 0.15) is 28.1 Å². The first-order valence-corrected chi connectivity index (χ1v) is 7.32. The standard InChI is InChI=1S/C12H16BrNO2S/c1-8-6-10(17-11(8)13)12(15)14(2)7-9-4-3-5-16-9/h6,9H,3-5,7H2,1-2H3. The number of halogens is 1. The summed E-state index contributed by atoms with van der Waals surface area (Å²) in [5, 5.41) is 0. The van der Waals surface area contributed by atoms with Crippen LogP contribution in [-0.4, -0.2) is 37.1 Å². The first-order valence-electron chi connectivity index (χ1n) is 5.71. The van der Waals surface area contributed by atoms with Crippen LogP contribution in [0.4, 0.5) is 0 Å². The molecule has 17 heavy (non-hydrogen) atoms. The second-order valence-electron chi connectivity index (χ2n) is 4.39. The SMILES string of the molecule is Cc1cc(C(=O)N(C)CC2CCCO2)sc1Br. The van der Waals surface area contributed by atoms with E-state index in [9.17, 15) is 4.79 Å². The Balaban J connectivity index is 1.98. The number of thiophene rings is 1. The maximum Gasteiger partial charge on any atom is 0.263 e. The van der Waals surface area contributed by atoms with Gasteiger partial charge in [0.15, 0.2) is 0 Å². The largest absolute Gasteiger partial charge is 0.376 e. The molecule has 94 valence electrons. The number of nitrogens with zero attached hydrogens (tertiary/aromatic N) is 1. The summed E-state index contributed by atoms with van der Waals surface area (Å²) < 4.78 is 6.57. The van der Waals surface area contributed by atoms with Crippen LogP contribution in [0.5, 0.6) is 0 Å². The molecule has 0 saturated carbocycles. The van der Waals surface area contributed by atoms with Crippen molar-refractivity contribution >= 4 is 33.2 Å². The van der Waals surface area contributed by atoms with E-state index in [0.717, 1.165) is 33.7 Å². The van der Waals surface area contributed by atoms with Crippen LogP contribution in [0, 0.1) is 6.92 Å². The lowest BCUT2D eigenvalue weighted by molar-refractivity contribution is 0.0590.